The molecule has 0 unspecified atom stereocenters. The Labute approximate surface area is 119 Å². The molecule has 114 valence electrons. The number of hydrogen-bond donors (Lipinski definition) is 2. The first-order valence-corrected chi connectivity index (χ1v) is 6.87. The van der Waals surface area contributed by atoms with Crippen LogP contribution in [0.2, 0.25) is 0 Å². The third-order valence-corrected chi connectivity index (χ3v) is 2.97. The molecule has 0 saturated carbocycles. The molecule has 0 fully saturated rings. The van der Waals surface area contributed by atoms with Crippen molar-refractivity contribution in [2.24, 2.45) is 0 Å². The molecule has 2 N–H and O–H groups in total. The predicted octanol–water partition coefficient (Wildman–Crippen LogP) is 2.67. The van der Waals surface area contributed by atoms with E-state index >= 15 is 0 Å². The van der Waals surface area contributed by atoms with Gasteiger partial charge in [-0.15, -0.1) is 0 Å². The van der Waals surface area contributed by atoms with Gasteiger partial charge in [-0.1, -0.05) is 0 Å². The number of aliphatic hydroxyl groups is 1. The highest BCUT2D eigenvalue weighted by molar-refractivity contribution is 5.50. The zero-order chi connectivity index (χ0) is 15.3. The number of hydrogen-bond acceptors (Lipinski definition) is 3. The Hall–Kier alpha value is -1.20. The second kappa shape index (κ2) is 6.99. The van der Waals surface area contributed by atoms with Crippen LogP contribution in [0.5, 0.6) is 0 Å². The second-order valence-corrected chi connectivity index (χ2v) is 5.81. The first-order valence-electron chi connectivity index (χ1n) is 6.87. The van der Waals surface area contributed by atoms with Gasteiger partial charge >= 0.3 is 0 Å². The predicted molar refractivity (Wildman–Crippen MR) is 77.9 cm³/mol. The van der Waals surface area contributed by atoms with Crippen molar-refractivity contribution in [2.45, 2.75) is 39.8 Å². The van der Waals surface area contributed by atoms with Gasteiger partial charge in [0.25, 0.3) is 0 Å². The van der Waals surface area contributed by atoms with Gasteiger partial charge in [-0.25, -0.2) is 8.78 Å². The molecule has 1 rings (SSSR count). The molecule has 1 aromatic carbocycles. The lowest BCUT2D eigenvalue weighted by Crippen LogP contribution is -2.35. The number of nitrogens with one attached hydrogen (secondary N) is 1. The van der Waals surface area contributed by atoms with E-state index in [-0.39, 0.29) is 24.4 Å². The van der Waals surface area contributed by atoms with Gasteiger partial charge in [-0.2, -0.15) is 0 Å². The minimum absolute atomic E-state index is 0.0685. The minimum atomic E-state index is -0.592. The molecular formula is C15H24F2N2O. The third kappa shape index (κ3) is 4.72. The van der Waals surface area contributed by atoms with E-state index in [1.54, 1.807) is 6.92 Å². The monoisotopic (exact) mass is 286 g/mol. The third-order valence-electron chi connectivity index (χ3n) is 2.97. The van der Waals surface area contributed by atoms with Crippen molar-refractivity contribution in [3.63, 3.8) is 0 Å². The zero-order valence-corrected chi connectivity index (χ0v) is 12.6. The van der Waals surface area contributed by atoms with Crippen molar-refractivity contribution in [1.82, 2.24) is 5.32 Å². The summed E-state index contributed by atoms with van der Waals surface area (Å²) in [6.45, 7) is 8.70. The van der Waals surface area contributed by atoms with Gasteiger partial charge in [0, 0.05) is 25.2 Å². The SMILES string of the molecule is CCN(CCO)c1c(F)cc(CNC(C)(C)C)cc1F. The summed E-state index contributed by atoms with van der Waals surface area (Å²) in [4.78, 5) is 1.49. The molecule has 3 nitrogen and oxygen atoms in total. The topological polar surface area (TPSA) is 35.5 Å². The highest BCUT2D eigenvalue weighted by Crippen LogP contribution is 2.25. The number of halogens is 2. The maximum Gasteiger partial charge on any atom is 0.149 e. The highest BCUT2D eigenvalue weighted by Gasteiger charge is 2.17. The van der Waals surface area contributed by atoms with Gasteiger partial charge in [-0.05, 0) is 45.4 Å². The zero-order valence-electron chi connectivity index (χ0n) is 12.6. The molecule has 0 saturated heterocycles. The summed E-state index contributed by atoms with van der Waals surface area (Å²) in [6, 6.07) is 2.69. The quantitative estimate of drug-likeness (QED) is 0.844. The first-order chi connectivity index (χ1) is 9.28. The van der Waals surface area contributed by atoms with Gasteiger partial charge < -0.3 is 15.3 Å². The fourth-order valence-electron chi connectivity index (χ4n) is 1.94. The molecule has 20 heavy (non-hydrogen) atoms. The van der Waals surface area contributed by atoms with Crippen LogP contribution < -0.4 is 10.2 Å². The van der Waals surface area contributed by atoms with Gasteiger partial charge in [0.05, 0.1) is 6.61 Å². The minimum Gasteiger partial charge on any atom is -0.395 e. The molecule has 0 bridgehead atoms. The number of aliphatic hydroxyl groups excluding tert-OH is 1. The largest absolute Gasteiger partial charge is 0.395 e. The maximum atomic E-state index is 14.1. The van der Waals surface area contributed by atoms with Crippen LogP contribution in [0, 0.1) is 11.6 Å². The van der Waals surface area contributed by atoms with Crippen LogP contribution >= 0.6 is 0 Å². The summed E-state index contributed by atoms with van der Waals surface area (Å²) in [5.41, 5.74) is 0.387. The van der Waals surface area contributed by atoms with E-state index in [0.717, 1.165) is 0 Å². The average Bonchev–Trinajstić information content (AvgIpc) is 2.33. The molecule has 0 aliphatic rings. The molecule has 0 aliphatic carbocycles. The Bertz CT molecular complexity index is 421. The molecule has 0 spiro atoms. The Morgan fingerprint density at radius 3 is 2.15 bits per heavy atom. The Balaban J connectivity index is 2.96. The van der Waals surface area contributed by atoms with E-state index in [9.17, 15) is 8.78 Å². The van der Waals surface area contributed by atoms with Crippen molar-refractivity contribution in [2.75, 3.05) is 24.6 Å². The second-order valence-electron chi connectivity index (χ2n) is 5.81. The first kappa shape index (κ1) is 16.9. The number of nitrogens with zero attached hydrogens (tertiary/aromatic N) is 1. The summed E-state index contributed by atoms with van der Waals surface area (Å²) < 4.78 is 28.2. The van der Waals surface area contributed by atoms with Crippen molar-refractivity contribution >= 4 is 5.69 Å². The normalized spacial score (nSPS) is 11.8. The lowest BCUT2D eigenvalue weighted by Gasteiger charge is -2.24. The Morgan fingerprint density at radius 2 is 1.75 bits per heavy atom. The van der Waals surface area contributed by atoms with E-state index in [2.05, 4.69) is 5.32 Å². The Kier molecular flexibility index (Phi) is 5.89. The summed E-state index contributed by atoms with van der Waals surface area (Å²) in [5, 5.41) is 12.1. The molecular weight excluding hydrogens is 262 g/mol. The van der Waals surface area contributed by atoms with E-state index in [1.807, 2.05) is 20.8 Å². The van der Waals surface area contributed by atoms with Gasteiger partial charge in [-0.3, -0.25) is 0 Å². The molecule has 0 aromatic heterocycles. The standard InChI is InChI=1S/C15H24F2N2O/c1-5-19(6-7-20)14-12(16)8-11(9-13(14)17)10-18-15(2,3)4/h8-9,18,20H,5-7,10H2,1-4H3. The number of rotatable bonds is 6. The molecule has 0 radical (unpaired) electrons. The van der Waals surface area contributed by atoms with Crippen molar-refractivity contribution in [3.8, 4) is 0 Å². The molecule has 0 amide bonds. The van der Waals surface area contributed by atoms with Gasteiger partial charge in [0.15, 0.2) is 0 Å². The molecule has 0 atom stereocenters. The highest BCUT2D eigenvalue weighted by atomic mass is 19.1. The van der Waals surface area contributed by atoms with Crippen molar-refractivity contribution in [1.29, 1.82) is 0 Å². The Morgan fingerprint density at radius 1 is 1.20 bits per heavy atom. The van der Waals surface area contributed by atoms with Crippen LogP contribution in [0.4, 0.5) is 14.5 Å². The van der Waals surface area contributed by atoms with Crippen LogP contribution in [0.1, 0.15) is 33.3 Å². The molecule has 0 heterocycles. The number of anilines is 1. The van der Waals surface area contributed by atoms with Gasteiger partial charge in [0.1, 0.15) is 17.3 Å². The number of likely N-dealkylation sites (N-methyl/N-ethyl adjacent to an activating group) is 1. The lowest BCUT2D eigenvalue weighted by atomic mass is 10.1. The maximum absolute atomic E-state index is 14.1. The average molecular weight is 286 g/mol. The molecule has 1 aromatic rings. The van der Waals surface area contributed by atoms with Crippen LogP contribution in [0.15, 0.2) is 12.1 Å². The molecule has 5 heteroatoms. The summed E-state index contributed by atoms with van der Waals surface area (Å²) in [5.74, 6) is -1.18. The number of benzene rings is 1. The van der Waals surface area contributed by atoms with Crippen LogP contribution in [0.25, 0.3) is 0 Å². The molecule has 0 aliphatic heterocycles. The van der Waals surface area contributed by atoms with E-state index < -0.39 is 11.6 Å². The van der Waals surface area contributed by atoms with Crippen LogP contribution in [-0.2, 0) is 6.54 Å². The summed E-state index contributed by atoms with van der Waals surface area (Å²) in [7, 11) is 0. The summed E-state index contributed by atoms with van der Waals surface area (Å²) >= 11 is 0. The van der Waals surface area contributed by atoms with Crippen molar-refractivity contribution in [3.05, 3.63) is 29.3 Å². The van der Waals surface area contributed by atoms with Crippen molar-refractivity contribution < 1.29 is 13.9 Å². The lowest BCUT2D eigenvalue weighted by molar-refractivity contribution is 0.301. The van der Waals surface area contributed by atoms with E-state index in [4.69, 9.17) is 5.11 Å². The van der Waals surface area contributed by atoms with Crippen LogP contribution in [-0.4, -0.2) is 30.3 Å². The smallest absolute Gasteiger partial charge is 0.149 e. The van der Waals surface area contributed by atoms with Gasteiger partial charge in [0.2, 0.25) is 0 Å². The van der Waals surface area contributed by atoms with Crippen LogP contribution in [0.3, 0.4) is 0 Å². The fraction of sp³-hybridized carbons (Fsp3) is 0.600. The summed E-state index contributed by atoms with van der Waals surface area (Å²) in [6.07, 6.45) is 0. The van der Waals surface area contributed by atoms with E-state index in [1.165, 1.54) is 17.0 Å². The van der Waals surface area contributed by atoms with E-state index in [0.29, 0.717) is 18.7 Å². The fourth-order valence-corrected chi connectivity index (χ4v) is 1.94.